The number of benzene rings is 1. The molecule has 0 heterocycles. The Balaban J connectivity index is 2.47. The van der Waals surface area contributed by atoms with Gasteiger partial charge in [-0.3, -0.25) is 9.59 Å². The van der Waals surface area contributed by atoms with Crippen molar-refractivity contribution in [3.63, 3.8) is 0 Å². The maximum absolute atomic E-state index is 11.9. The van der Waals surface area contributed by atoms with Crippen molar-refractivity contribution in [2.75, 3.05) is 13.7 Å². The van der Waals surface area contributed by atoms with E-state index in [1.54, 1.807) is 30.3 Å². The molecule has 2 N–H and O–H groups in total. The Labute approximate surface area is 135 Å². The van der Waals surface area contributed by atoms with Gasteiger partial charge in [0.25, 0.3) is 5.91 Å². The van der Waals surface area contributed by atoms with Gasteiger partial charge in [-0.05, 0) is 25.0 Å². The zero-order valence-electron chi connectivity index (χ0n) is 13.0. The van der Waals surface area contributed by atoms with Gasteiger partial charge in [-0.1, -0.05) is 18.2 Å². The Morgan fingerprint density at radius 2 is 1.96 bits per heavy atom. The first-order valence-corrected chi connectivity index (χ1v) is 7.22. The first-order valence-electron chi connectivity index (χ1n) is 7.22. The molecule has 0 aliphatic heterocycles. The third-order valence-electron chi connectivity index (χ3n) is 3.08. The molecule has 0 saturated carbocycles. The van der Waals surface area contributed by atoms with E-state index in [9.17, 15) is 14.4 Å². The Bertz CT molecular complexity index is 578. The van der Waals surface area contributed by atoms with Crippen LogP contribution in [0, 0.1) is 12.3 Å². The number of carbonyl (C=O) groups excluding carboxylic acids is 3. The Kier molecular flexibility index (Phi) is 7.94. The highest BCUT2D eigenvalue weighted by Crippen LogP contribution is 2.02. The van der Waals surface area contributed by atoms with E-state index in [1.165, 1.54) is 7.11 Å². The summed E-state index contributed by atoms with van der Waals surface area (Å²) in [5, 5.41) is 5.03. The molecule has 1 atom stereocenters. The molecule has 2 amide bonds. The third kappa shape index (κ3) is 6.66. The third-order valence-corrected chi connectivity index (χ3v) is 3.08. The van der Waals surface area contributed by atoms with Crippen LogP contribution in [0.15, 0.2) is 30.3 Å². The average Bonchev–Trinajstić information content (AvgIpc) is 2.59. The van der Waals surface area contributed by atoms with Crippen LogP contribution in [0.25, 0.3) is 0 Å². The lowest BCUT2D eigenvalue weighted by molar-refractivity contribution is -0.145. The Hall–Kier alpha value is -2.81. The van der Waals surface area contributed by atoms with Gasteiger partial charge in [0.1, 0.15) is 6.04 Å². The van der Waals surface area contributed by atoms with E-state index in [0.717, 1.165) is 0 Å². The lowest BCUT2D eigenvalue weighted by atomic mass is 10.1. The Morgan fingerprint density at radius 3 is 2.57 bits per heavy atom. The maximum Gasteiger partial charge on any atom is 0.328 e. The van der Waals surface area contributed by atoms with Crippen molar-refractivity contribution in [1.29, 1.82) is 0 Å². The van der Waals surface area contributed by atoms with E-state index < -0.39 is 17.9 Å². The van der Waals surface area contributed by atoms with Gasteiger partial charge in [0, 0.05) is 12.0 Å². The monoisotopic (exact) mass is 316 g/mol. The fraction of sp³-hybridized carbons (Fsp3) is 0.353. The number of esters is 1. The summed E-state index contributed by atoms with van der Waals surface area (Å²) in [4.78, 5) is 35.3. The zero-order chi connectivity index (χ0) is 17.1. The topological polar surface area (TPSA) is 84.5 Å². The summed E-state index contributed by atoms with van der Waals surface area (Å²) in [6, 6.07) is 7.77. The standard InChI is InChI=1S/C17H20N2O4/c1-3-4-6-11-14(17(22)23-2)19-15(20)12-18-16(21)13-9-7-5-8-10-13/h1,5,7-10,14H,4,6,11-12H2,2H3,(H,18,21)(H,19,20)/t14-/m1/s1. The van der Waals surface area contributed by atoms with E-state index in [4.69, 9.17) is 6.42 Å². The van der Waals surface area contributed by atoms with Gasteiger partial charge in [-0.2, -0.15) is 0 Å². The van der Waals surface area contributed by atoms with Crippen molar-refractivity contribution in [2.24, 2.45) is 0 Å². The Morgan fingerprint density at radius 1 is 1.26 bits per heavy atom. The van der Waals surface area contributed by atoms with E-state index in [-0.39, 0.29) is 12.5 Å². The fourth-order valence-electron chi connectivity index (χ4n) is 1.90. The predicted molar refractivity (Wildman–Crippen MR) is 85.4 cm³/mol. The largest absolute Gasteiger partial charge is 0.467 e. The molecule has 0 unspecified atom stereocenters. The van der Waals surface area contributed by atoms with Gasteiger partial charge in [0.05, 0.1) is 13.7 Å². The van der Waals surface area contributed by atoms with Crippen LogP contribution in [-0.4, -0.2) is 37.5 Å². The maximum atomic E-state index is 11.9. The minimum absolute atomic E-state index is 0.226. The molecule has 1 rings (SSSR count). The molecule has 0 fully saturated rings. The molecule has 0 radical (unpaired) electrons. The number of ether oxygens (including phenoxy) is 1. The molecule has 1 aromatic carbocycles. The second kappa shape index (κ2) is 10.0. The number of methoxy groups -OCH3 is 1. The summed E-state index contributed by atoms with van der Waals surface area (Å²) in [7, 11) is 1.25. The summed E-state index contributed by atoms with van der Waals surface area (Å²) in [5.41, 5.74) is 0.457. The number of hydrogen-bond donors (Lipinski definition) is 2. The lowest BCUT2D eigenvalue weighted by Gasteiger charge is -2.16. The van der Waals surface area contributed by atoms with Crippen LogP contribution < -0.4 is 10.6 Å². The number of nitrogens with one attached hydrogen (secondary N) is 2. The van der Waals surface area contributed by atoms with E-state index >= 15 is 0 Å². The molecule has 6 heteroatoms. The van der Waals surface area contributed by atoms with Gasteiger partial charge in [-0.25, -0.2) is 4.79 Å². The van der Waals surface area contributed by atoms with Crippen LogP contribution in [0.2, 0.25) is 0 Å². The van der Waals surface area contributed by atoms with Crippen molar-refractivity contribution in [3.8, 4) is 12.3 Å². The minimum atomic E-state index is -0.769. The van der Waals surface area contributed by atoms with Crippen LogP contribution in [0.5, 0.6) is 0 Å². The molecule has 0 aliphatic carbocycles. The molecule has 0 aromatic heterocycles. The van der Waals surface area contributed by atoms with Crippen LogP contribution in [0.1, 0.15) is 29.6 Å². The number of rotatable bonds is 8. The molecule has 23 heavy (non-hydrogen) atoms. The normalized spacial score (nSPS) is 11.0. The highest BCUT2D eigenvalue weighted by atomic mass is 16.5. The molecule has 0 bridgehead atoms. The molecular weight excluding hydrogens is 296 g/mol. The molecule has 0 aliphatic rings. The van der Waals surface area contributed by atoms with Gasteiger partial charge in [-0.15, -0.1) is 12.3 Å². The SMILES string of the molecule is C#CCCC[C@@H](NC(=O)CNC(=O)c1ccccc1)C(=O)OC. The quantitative estimate of drug-likeness (QED) is 0.423. The second-order valence-corrected chi connectivity index (χ2v) is 4.79. The number of amides is 2. The van der Waals surface area contributed by atoms with Gasteiger partial charge < -0.3 is 15.4 Å². The highest BCUT2D eigenvalue weighted by Gasteiger charge is 2.21. The highest BCUT2D eigenvalue weighted by molar-refractivity contribution is 5.96. The summed E-state index contributed by atoms with van der Waals surface area (Å²) in [6.07, 6.45) is 6.64. The van der Waals surface area contributed by atoms with Crippen LogP contribution in [0.4, 0.5) is 0 Å². The van der Waals surface area contributed by atoms with Crippen molar-refractivity contribution in [3.05, 3.63) is 35.9 Å². The van der Waals surface area contributed by atoms with Crippen molar-refractivity contribution < 1.29 is 19.1 Å². The summed E-state index contributed by atoms with van der Waals surface area (Å²) < 4.78 is 4.65. The average molecular weight is 316 g/mol. The van der Waals surface area contributed by atoms with Gasteiger partial charge in [0.15, 0.2) is 0 Å². The summed E-state index contributed by atoms with van der Waals surface area (Å²) in [6.45, 7) is -0.226. The number of carbonyl (C=O) groups is 3. The second-order valence-electron chi connectivity index (χ2n) is 4.79. The molecule has 1 aromatic rings. The summed E-state index contributed by atoms with van der Waals surface area (Å²) >= 11 is 0. The molecule has 122 valence electrons. The van der Waals surface area contributed by atoms with Gasteiger partial charge >= 0.3 is 5.97 Å². The first kappa shape index (κ1) is 18.2. The van der Waals surface area contributed by atoms with Crippen LogP contribution >= 0.6 is 0 Å². The van der Waals surface area contributed by atoms with Crippen LogP contribution in [0.3, 0.4) is 0 Å². The van der Waals surface area contributed by atoms with Crippen molar-refractivity contribution >= 4 is 17.8 Å². The summed E-state index contributed by atoms with van der Waals surface area (Å²) in [5.74, 6) is 1.11. The molecule has 0 spiro atoms. The fourth-order valence-corrected chi connectivity index (χ4v) is 1.90. The van der Waals surface area contributed by atoms with E-state index in [1.807, 2.05) is 0 Å². The van der Waals surface area contributed by atoms with E-state index in [0.29, 0.717) is 24.8 Å². The number of unbranched alkanes of at least 4 members (excludes halogenated alkanes) is 1. The number of terminal acetylenes is 1. The van der Waals surface area contributed by atoms with E-state index in [2.05, 4.69) is 21.3 Å². The first-order chi connectivity index (χ1) is 11.1. The van der Waals surface area contributed by atoms with Crippen molar-refractivity contribution in [2.45, 2.75) is 25.3 Å². The van der Waals surface area contributed by atoms with Crippen molar-refractivity contribution in [1.82, 2.24) is 10.6 Å². The predicted octanol–water partition coefficient (Wildman–Crippen LogP) is 0.878. The smallest absolute Gasteiger partial charge is 0.328 e. The molecule has 6 nitrogen and oxygen atoms in total. The molecular formula is C17H20N2O4. The van der Waals surface area contributed by atoms with Crippen LogP contribution in [-0.2, 0) is 14.3 Å². The lowest BCUT2D eigenvalue weighted by Crippen LogP contribution is -2.46. The minimum Gasteiger partial charge on any atom is -0.467 e. The zero-order valence-corrected chi connectivity index (χ0v) is 13.0. The van der Waals surface area contributed by atoms with Gasteiger partial charge in [0.2, 0.25) is 5.91 Å². The molecule has 0 saturated heterocycles. The number of hydrogen-bond acceptors (Lipinski definition) is 4.